The Labute approximate surface area is 293 Å². The van der Waals surface area contributed by atoms with E-state index < -0.39 is 0 Å². The van der Waals surface area contributed by atoms with Crippen LogP contribution in [0.25, 0.3) is 68.1 Å². The third-order valence-electron chi connectivity index (χ3n) is 11.5. The molecule has 0 N–H and O–H groups in total. The maximum Gasteiger partial charge on any atom is 0.00930 e. The first kappa shape index (κ1) is 29.2. The van der Waals surface area contributed by atoms with Crippen LogP contribution in [-0.2, 0) is 0 Å². The smallest absolute Gasteiger partial charge is 0.00930 e. The maximum absolute atomic E-state index is 2.62. The van der Waals surface area contributed by atoms with Crippen LogP contribution in [0.3, 0.4) is 0 Å². The molecule has 0 spiro atoms. The van der Waals surface area contributed by atoms with Crippen LogP contribution in [0.15, 0.2) is 169 Å². The lowest BCUT2D eigenvalue weighted by Crippen LogP contribution is -2.38. The van der Waals surface area contributed by atoms with Crippen molar-refractivity contribution in [3.63, 3.8) is 0 Å². The molecule has 4 aliphatic rings. The van der Waals surface area contributed by atoms with Gasteiger partial charge in [0.1, 0.15) is 0 Å². The molecule has 0 saturated carbocycles. The second-order valence-corrected chi connectivity index (χ2v) is 14.4. The first-order chi connectivity index (χ1) is 24.7. The first-order valence-electron chi connectivity index (χ1n) is 18.1. The number of rotatable bonds is 4. The van der Waals surface area contributed by atoms with E-state index in [1.807, 2.05) is 0 Å². The van der Waals surface area contributed by atoms with Crippen molar-refractivity contribution in [1.82, 2.24) is 0 Å². The van der Waals surface area contributed by atoms with Crippen molar-refractivity contribution in [1.29, 1.82) is 0 Å². The van der Waals surface area contributed by atoms with Gasteiger partial charge in [-0.3, -0.25) is 0 Å². The Kier molecular flexibility index (Phi) is 7.01. The summed E-state index contributed by atoms with van der Waals surface area (Å²) in [6.07, 6.45) is 27.8. The van der Waals surface area contributed by atoms with E-state index in [2.05, 4.69) is 188 Å². The van der Waals surface area contributed by atoms with Crippen LogP contribution < -0.4 is 20.9 Å². The van der Waals surface area contributed by atoms with Crippen molar-refractivity contribution in [2.24, 2.45) is 29.6 Å². The highest BCUT2D eigenvalue weighted by Crippen LogP contribution is 2.40. The molecule has 0 saturated heterocycles. The highest BCUT2D eigenvalue weighted by Gasteiger charge is 2.31. The third kappa shape index (κ3) is 5.15. The Bertz CT molecular complexity index is 2710. The topological polar surface area (TPSA) is 0 Å². The van der Waals surface area contributed by atoms with Crippen molar-refractivity contribution in [2.45, 2.75) is 6.42 Å². The molecule has 238 valence electrons. The van der Waals surface area contributed by atoms with Gasteiger partial charge in [-0.15, -0.1) is 0 Å². The summed E-state index contributed by atoms with van der Waals surface area (Å²) in [6, 6.07) is 45.1. The zero-order chi connectivity index (χ0) is 33.0. The lowest BCUT2D eigenvalue weighted by Gasteiger charge is -2.34. The van der Waals surface area contributed by atoms with Crippen molar-refractivity contribution in [3.05, 3.63) is 190 Å². The molecule has 0 amide bonds. The van der Waals surface area contributed by atoms with Gasteiger partial charge in [0.15, 0.2) is 0 Å². The third-order valence-corrected chi connectivity index (χ3v) is 11.5. The standard InChI is InChI=1S/C50H38/c1-5-13-37-25-41(21-17-33(37)9-1)47-29-45-31-49(43-23-19-35-11-3-7-15-39(35)27-43)50(44-24-20-36-12-4-8-16-40(36)28-44)32-46(45)30-48(47)42-22-18-34-10-2-6-14-38(34)26-42/h1-23,25-32,35,39,44,49-50H,24H2. The summed E-state index contributed by atoms with van der Waals surface area (Å²) in [5.74, 6) is 1.92. The zero-order valence-corrected chi connectivity index (χ0v) is 28.0. The fourth-order valence-electron chi connectivity index (χ4n) is 8.84. The van der Waals surface area contributed by atoms with Gasteiger partial charge in [-0.25, -0.2) is 0 Å². The molecule has 0 bridgehead atoms. The van der Waals surface area contributed by atoms with Gasteiger partial charge in [-0.1, -0.05) is 164 Å². The monoisotopic (exact) mass is 638 g/mol. The molecule has 6 aromatic carbocycles. The normalized spacial score (nSPS) is 23.0. The fourth-order valence-corrected chi connectivity index (χ4v) is 8.84. The lowest BCUT2D eigenvalue weighted by atomic mass is 9.69. The van der Waals surface area contributed by atoms with Gasteiger partial charge in [0.05, 0.1) is 0 Å². The predicted molar refractivity (Wildman–Crippen MR) is 213 cm³/mol. The average Bonchev–Trinajstić information content (AvgIpc) is 3.19. The first-order valence-corrected chi connectivity index (χ1v) is 18.1. The molecular weight excluding hydrogens is 601 g/mol. The molecule has 6 aromatic rings. The summed E-state index contributed by atoms with van der Waals surface area (Å²) in [5.41, 5.74) is 6.53. The summed E-state index contributed by atoms with van der Waals surface area (Å²) in [5, 5.41) is 10.5. The predicted octanol–water partition coefficient (Wildman–Crippen LogP) is 9.27. The summed E-state index contributed by atoms with van der Waals surface area (Å²) < 4.78 is 0. The summed E-state index contributed by atoms with van der Waals surface area (Å²) in [7, 11) is 0. The minimum absolute atomic E-state index is 0.287. The molecule has 5 unspecified atom stereocenters. The summed E-state index contributed by atoms with van der Waals surface area (Å²) in [4.78, 5) is 0. The molecule has 0 aliphatic heterocycles. The highest BCUT2D eigenvalue weighted by atomic mass is 14.4. The van der Waals surface area contributed by atoms with E-state index in [9.17, 15) is 0 Å². The van der Waals surface area contributed by atoms with E-state index in [4.69, 9.17) is 0 Å². The van der Waals surface area contributed by atoms with Gasteiger partial charge in [0.25, 0.3) is 0 Å². The molecular formula is C50H38. The van der Waals surface area contributed by atoms with Crippen molar-refractivity contribution >= 4 is 45.8 Å². The Morgan fingerprint density at radius 1 is 0.440 bits per heavy atom. The average molecular weight is 639 g/mol. The van der Waals surface area contributed by atoms with E-state index in [1.165, 1.54) is 70.2 Å². The molecule has 4 aliphatic carbocycles. The Morgan fingerprint density at radius 3 is 1.74 bits per heavy atom. The fraction of sp³-hybridized carbons (Fsp3) is 0.120. The van der Waals surface area contributed by atoms with Gasteiger partial charge in [0, 0.05) is 17.8 Å². The lowest BCUT2D eigenvalue weighted by molar-refractivity contribution is 0.464. The largest absolute Gasteiger partial charge is 0.0767 e. The Hall–Kier alpha value is -5.72. The SMILES string of the molecule is C1=CC2C=CC(C3C=c4cc(-c5ccc6ccccc6c5)c(-c5ccc6ccccc6c5)cc4=CC3C3C=c4ccccc4=CC3)=CC2C=C1. The van der Waals surface area contributed by atoms with Crippen molar-refractivity contribution in [2.75, 3.05) is 0 Å². The number of hydrogen-bond acceptors (Lipinski definition) is 0. The van der Waals surface area contributed by atoms with Crippen LogP contribution in [0.4, 0.5) is 0 Å². The van der Waals surface area contributed by atoms with E-state index in [-0.39, 0.29) is 5.92 Å². The molecule has 0 nitrogen and oxygen atoms in total. The van der Waals surface area contributed by atoms with E-state index >= 15 is 0 Å². The van der Waals surface area contributed by atoms with Gasteiger partial charge in [-0.2, -0.15) is 0 Å². The van der Waals surface area contributed by atoms with Crippen LogP contribution in [0.2, 0.25) is 0 Å². The van der Waals surface area contributed by atoms with Crippen LogP contribution in [0, 0.1) is 29.6 Å². The summed E-state index contributed by atoms with van der Waals surface area (Å²) >= 11 is 0. The highest BCUT2D eigenvalue weighted by molar-refractivity contribution is 5.94. The second-order valence-electron chi connectivity index (χ2n) is 14.4. The number of fused-ring (bicyclic) bond motifs is 5. The second kappa shape index (κ2) is 12.0. The van der Waals surface area contributed by atoms with Gasteiger partial charge < -0.3 is 0 Å². The molecule has 5 atom stereocenters. The van der Waals surface area contributed by atoms with Gasteiger partial charge >= 0.3 is 0 Å². The molecule has 50 heavy (non-hydrogen) atoms. The van der Waals surface area contributed by atoms with E-state index in [0.29, 0.717) is 23.7 Å². The van der Waals surface area contributed by atoms with Crippen LogP contribution >= 0.6 is 0 Å². The van der Waals surface area contributed by atoms with E-state index in [0.717, 1.165) is 6.42 Å². The van der Waals surface area contributed by atoms with Crippen molar-refractivity contribution < 1.29 is 0 Å². The Balaban J connectivity index is 1.19. The molecule has 10 rings (SSSR count). The van der Waals surface area contributed by atoms with Crippen LogP contribution in [0.1, 0.15) is 6.42 Å². The molecule has 0 radical (unpaired) electrons. The van der Waals surface area contributed by atoms with Gasteiger partial charge in [-0.05, 0) is 113 Å². The zero-order valence-electron chi connectivity index (χ0n) is 28.0. The molecule has 0 aromatic heterocycles. The number of allylic oxidation sites excluding steroid dienone is 8. The minimum atomic E-state index is 0.287. The Morgan fingerprint density at radius 2 is 1.04 bits per heavy atom. The molecule has 0 heterocycles. The minimum Gasteiger partial charge on any atom is -0.0767 e. The quantitative estimate of drug-likeness (QED) is 0.181. The number of benzene rings is 6. The van der Waals surface area contributed by atoms with Crippen molar-refractivity contribution in [3.8, 4) is 22.3 Å². The molecule has 0 fully saturated rings. The maximum atomic E-state index is 2.62. The summed E-state index contributed by atoms with van der Waals surface area (Å²) in [6.45, 7) is 0. The molecule has 0 heteroatoms. The van der Waals surface area contributed by atoms with Crippen LogP contribution in [-0.4, -0.2) is 0 Å². The van der Waals surface area contributed by atoms with Crippen LogP contribution in [0.5, 0.6) is 0 Å². The number of hydrogen-bond donors (Lipinski definition) is 0. The van der Waals surface area contributed by atoms with E-state index in [1.54, 1.807) is 0 Å². The van der Waals surface area contributed by atoms with Gasteiger partial charge in [0.2, 0.25) is 0 Å².